The monoisotopic (exact) mass is 373 g/mol. The van der Waals surface area contributed by atoms with Crippen molar-refractivity contribution in [3.05, 3.63) is 112 Å². The Labute approximate surface area is 161 Å². The van der Waals surface area contributed by atoms with Gasteiger partial charge in [0.1, 0.15) is 11.6 Å². The maximum atomic E-state index is 14.7. The average Bonchev–Trinajstić information content (AvgIpc) is 2.73. The van der Waals surface area contributed by atoms with Crippen molar-refractivity contribution in [2.24, 2.45) is 0 Å². The maximum Gasteiger partial charge on any atom is 0.185 e. The summed E-state index contributed by atoms with van der Waals surface area (Å²) < 4.78 is 30.5. The van der Waals surface area contributed by atoms with Crippen LogP contribution in [-0.2, 0) is 0 Å². The van der Waals surface area contributed by atoms with E-state index in [0.717, 1.165) is 29.4 Å². The van der Waals surface area contributed by atoms with Crippen molar-refractivity contribution in [3.8, 4) is 28.2 Å². The second kappa shape index (κ2) is 7.24. The number of rotatable bonds is 3. The van der Waals surface area contributed by atoms with Gasteiger partial charge in [-0.3, -0.25) is 4.79 Å². The Morgan fingerprint density at radius 2 is 1.43 bits per heavy atom. The molecule has 4 heteroatoms. The van der Waals surface area contributed by atoms with E-state index in [0.29, 0.717) is 17.0 Å². The third-order valence-corrected chi connectivity index (χ3v) is 4.72. The minimum absolute atomic E-state index is 0.0521. The fourth-order valence-corrected chi connectivity index (χ4v) is 3.37. The van der Waals surface area contributed by atoms with Gasteiger partial charge in [-0.25, -0.2) is 8.78 Å². The quantitative estimate of drug-likeness (QED) is 0.448. The predicted molar refractivity (Wildman–Crippen MR) is 108 cm³/mol. The molecular formula is C24H17F2NO. The summed E-state index contributed by atoms with van der Waals surface area (Å²) in [5.74, 6) is -1.15. The van der Waals surface area contributed by atoms with Crippen molar-refractivity contribution < 1.29 is 8.78 Å². The number of halogens is 2. The second-order valence-electron chi connectivity index (χ2n) is 6.53. The number of nitrogens with zero attached hydrogens (tertiary/aromatic N) is 1. The number of benzene rings is 3. The highest BCUT2D eigenvalue weighted by atomic mass is 19.1. The molecule has 0 aliphatic heterocycles. The lowest BCUT2D eigenvalue weighted by atomic mass is 10.0. The summed E-state index contributed by atoms with van der Waals surface area (Å²) in [5.41, 5.74) is 2.69. The van der Waals surface area contributed by atoms with Gasteiger partial charge < -0.3 is 4.57 Å². The molecule has 0 N–H and O–H groups in total. The van der Waals surface area contributed by atoms with Crippen LogP contribution in [0.1, 0.15) is 5.56 Å². The highest BCUT2D eigenvalue weighted by molar-refractivity contribution is 5.73. The largest absolute Gasteiger partial charge is 0.309 e. The zero-order valence-corrected chi connectivity index (χ0v) is 15.2. The van der Waals surface area contributed by atoms with E-state index >= 15 is 0 Å². The Kier molecular flexibility index (Phi) is 4.62. The highest BCUT2D eigenvalue weighted by Gasteiger charge is 2.20. The molecule has 1 aromatic heterocycles. The molecule has 1 heterocycles. The third kappa shape index (κ3) is 3.14. The molecule has 0 amide bonds. The fourth-order valence-electron chi connectivity index (χ4n) is 3.37. The molecule has 4 rings (SSSR count). The summed E-state index contributed by atoms with van der Waals surface area (Å²) >= 11 is 0. The van der Waals surface area contributed by atoms with Gasteiger partial charge in [0.05, 0.1) is 11.4 Å². The van der Waals surface area contributed by atoms with Crippen LogP contribution in [-0.4, -0.2) is 4.57 Å². The van der Waals surface area contributed by atoms with Gasteiger partial charge in [-0.15, -0.1) is 0 Å². The van der Waals surface area contributed by atoms with Crippen LogP contribution in [0.2, 0.25) is 0 Å². The van der Waals surface area contributed by atoms with Crippen molar-refractivity contribution in [2.75, 3.05) is 0 Å². The van der Waals surface area contributed by atoms with Gasteiger partial charge in [0.2, 0.25) is 0 Å². The maximum absolute atomic E-state index is 14.7. The normalized spacial score (nSPS) is 10.8. The van der Waals surface area contributed by atoms with E-state index in [-0.39, 0.29) is 11.0 Å². The van der Waals surface area contributed by atoms with E-state index in [9.17, 15) is 13.6 Å². The molecule has 138 valence electrons. The fraction of sp³-hybridized carbons (Fsp3) is 0.0417. The summed E-state index contributed by atoms with van der Waals surface area (Å²) in [6.45, 7) is 1.64. The lowest BCUT2D eigenvalue weighted by Crippen LogP contribution is -2.16. The lowest BCUT2D eigenvalue weighted by molar-refractivity contribution is 0.602. The molecular weight excluding hydrogens is 356 g/mol. The molecule has 0 radical (unpaired) electrons. The van der Waals surface area contributed by atoms with Gasteiger partial charge in [0, 0.05) is 22.9 Å². The van der Waals surface area contributed by atoms with Crippen LogP contribution < -0.4 is 5.43 Å². The van der Waals surface area contributed by atoms with Crippen LogP contribution >= 0.6 is 0 Å². The topological polar surface area (TPSA) is 22.0 Å². The smallest absolute Gasteiger partial charge is 0.185 e. The first-order chi connectivity index (χ1) is 13.6. The van der Waals surface area contributed by atoms with Gasteiger partial charge in [-0.1, -0.05) is 48.5 Å². The molecule has 0 saturated heterocycles. The van der Waals surface area contributed by atoms with Gasteiger partial charge in [-0.2, -0.15) is 0 Å². The van der Waals surface area contributed by atoms with Crippen LogP contribution in [0.25, 0.3) is 28.2 Å². The van der Waals surface area contributed by atoms with Crippen molar-refractivity contribution >= 4 is 0 Å². The average molecular weight is 373 g/mol. The molecule has 0 saturated carbocycles. The van der Waals surface area contributed by atoms with Gasteiger partial charge in [0.15, 0.2) is 5.43 Å². The molecule has 0 spiro atoms. The molecule has 28 heavy (non-hydrogen) atoms. The van der Waals surface area contributed by atoms with Crippen molar-refractivity contribution in [3.63, 3.8) is 0 Å². The lowest BCUT2D eigenvalue weighted by Gasteiger charge is -2.21. The third-order valence-electron chi connectivity index (χ3n) is 4.72. The van der Waals surface area contributed by atoms with Crippen LogP contribution in [0.15, 0.2) is 89.7 Å². The van der Waals surface area contributed by atoms with E-state index in [2.05, 4.69) is 0 Å². The van der Waals surface area contributed by atoms with E-state index in [4.69, 9.17) is 0 Å². The summed E-state index contributed by atoms with van der Waals surface area (Å²) in [5, 5.41) is 0. The summed E-state index contributed by atoms with van der Waals surface area (Å²) in [7, 11) is 0. The standard InChI is InChI=1S/C24H17F2NO/c1-16-23(28)15-22(17-8-4-2-5-9-17)27(19-10-6-3-7-11-19)24(16)20-14-18(25)12-13-21(20)26/h2-15H,1H3. The van der Waals surface area contributed by atoms with E-state index in [1.807, 2.05) is 65.2 Å². The van der Waals surface area contributed by atoms with Crippen molar-refractivity contribution in [1.82, 2.24) is 4.57 Å². The number of aromatic nitrogens is 1. The predicted octanol–water partition coefficient (Wildman–Crippen LogP) is 5.76. The minimum atomic E-state index is -0.584. The molecule has 2 nitrogen and oxygen atoms in total. The van der Waals surface area contributed by atoms with Crippen molar-refractivity contribution in [1.29, 1.82) is 0 Å². The highest BCUT2D eigenvalue weighted by Crippen LogP contribution is 2.33. The zero-order chi connectivity index (χ0) is 19.7. The van der Waals surface area contributed by atoms with Crippen LogP contribution in [0.4, 0.5) is 8.78 Å². The molecule has 0 aliphatic carbocycles. The van der Waals surface area contributed by atoms with Gasteiger partial charge in [0.25, 0.3) is 0 Å². The summed E-state index contributed by atoms with van der Waals surface area (Å²) in [6, 6.07) is 23.6. The number of hydrogen-bond acceptors (Lipinski definition) is 1. The van der Waals surface area contributed by atoms with E-state index in [1.54, 1.807) is 13.0 Å². The summed E-state index contributed by atoms with van der Waals surface area (Å²) in [4.78, 5) is 12.8. The second-order valence-corrected chi connectivity index (χ2v) is 6.53. The Bertz CT molecular complexity index is 1200. The number of para-hydroxylation sites is 1. The Hall–Kier alpha value is -3.53. The van der Waals surface area contributed by atoms with E-state index in [1.165, 1.54) is 0 Å². The molecule has 0 atom stereocenters. The van der Waals surface area contributed by atoms with E-state index < -0.39 is 11.6 Å². The zero-order valence-electron chi connectivity index (χ0n) is 15.2. The number of hydrogen-bond donors (Lipinski definition) is 0. The van der Waals surface area contributed by atoms with Crippen molar-refractivity contribution in [2.45, 2.75) is 6.92 Å². The number of pyridine rings is 1. The first-order valence-electron chi connectivity index (χ1n) is 8.89. The van der Waals surface area contributed by atoms with Crippen LogP contribution in [0.3, 0.4) is 0 Å². The Morgan fingerprint density at radius 1 is 0.786 bits per heavy atom. The molecule has 0 unspecified atom stereocenters. The Balaban J connectivity index is 2.18. The van der Waals surface area contributed by atoms with Gasteiger partial charge >= 0.3 is 0 Å². The Morgan fingerprint density at radius 3 is 2.11 bits per heavy atom. The molecule has 0 aliphatic rings. The molecule has 0 fully saturated rings. The molecule has 3 aromatic carbocycles. The summed E-state index contributed by atoms with van der Waals surface area (Å²) in [6.07, 6.45) is 0. The SMILES string of the molecule is Cc1c(-c2cc(F)ccc2F)n(-c2ccccc2)c(-c2ccccc2)cc1=O. The molecule has 0 bridgehead atoms. The first kappa shape index (κ1) is 17.9. The first-order valence-corrected chi connectivity index (χ1v) is 8.89. The van der Waals surface area contributed by atoms with Crippen LogP contribution in [0, 0.1) is 18.6 Å². The minimum Gasteiger partial charge on any atom is -0.309 e. The van der Waals surface area contributed by atoms with Gasteiger partial charge in [-0.05, 0) is 42.8 Å². The molecule has 4 aromatic rings. The van der Waals surface area contributed by atoms with Crippen LogP contribution in [0.5, 0.6) is 0 Å².